The van der Waals surface area contributed by atoms with Gasteiger partial charge < -0.3 is 5.11 Å². The zero-order valence-corrected chi connectivity index (χ0v) is 17.6. The number of carbonyl (C=O) groups excluding carboxylic acids is 1. The maximum Gasteiger partial charge on any atom is 0.155 e. The quantitative estimate of drug-likeness (QED) is 0.529. The second kappa shape index (κ2) is 4.78. The number of ketones is 1. The Morgan fingerprint density at radius 1 is 1.12 bits per heavy atom. The first-order valence-corrected chi connectivity index (χ1v) is 11.1. The topological polar surface area (TPSA) is 37.3 Å². The maximum absolute atomic E-state index is 12.1. The molecule has 0 saturated heterocycles. The summed E-state index contributed by atoms with van der Waals surface area (Å²) >= 11 is 7.96. The molecular formula is C20H26Br2O2. The third-order valence-electron chi connectivity index (χ3n) is 8.83. The molecule has 4 fully saturated rings. The van der Waals surface area contributed by atoms with E-state index in [1.165, 1.54) is 18.4 Å². The largest absolute Gasteiger partial charge is 0.393 e. The van der Waals surface area contributed by atoms with E-state index in [1.807, 2.05) is 6.08 Å². The van der Waals surface area contributed by atoms with Crippen molar-refractivity contribution < 1.29 is 9.90 Å². The van der Waals surface area contributed by atoms with E-state index in [2.05, 4.69) is 45.7 Å². The van der Waals surface area contributed by atoms with Crippen molar-refractivity contribution in [1.29, 1.82) is 0 Å². The molecule has 24 heavy (non-hydrogen) atoms. The van der Waals surface area contributed by atoms with Gasteiger partial charge in [-0.25, -0.2) is 0 Å². The number of halogens is 2. The summed E-state index contributed by atoms with van der Waals surface area (Å²) in [6, 6.07) is 0. The molecule has 5 aliphatic carbocycles. The van der Waals surface area contributed by atoms with Gasteiger partial charge in [0.05, 0.1) is 9.34 Å². The lowest BCUT2D eigenvalue weighted by Crippen LogP contribution is -2.52. The summed E-state index contributed by atoms with van der Waals surface area (Å²) in [5.41, 5.74) is 1.70. The van der Waals surface area contributed by atoms with Gasteiger partial charge in [0, 0.05) is 12.3 Å². The lowest BCUT2D eigenvalue weighted by molar-refractivity contribution is -0.118. The highest BCUT2D eigenvalue weighted by Crippen LogP contribution is 2.80. The zero-order chi connectivity index (χ0) is 17.1. The Hall–Kier alpha value is 0.330. The number of aliphatic hydroxyl groups excluding tert-OH is 1. The van der Waals surface area contributed by atoms with Gasteiger partial charge in [-0.15, -0.1) is 0 Å². The van der Waals surface area contributed by atoms with Crippen molar-refractivity contribution in [2.45, 2.75) is 61.7 Å². The van der Waals surface area contributed by atoms with Crippen LogP contribution in [0.15, 0.2) is 11.6 Å². The molecule has 4 heteroatoms. The molecule has 0 spiro atoms. The third-order valence-corrected chi connectivity index (χ3v) is 10.9. The van der Waals surface area contributed by atoms with Gasteiger partial charge in [0.15, 0.2) is 5.78 Å². The number of alkyl halides is 2. The molecule has 132 valence electrons. The molecular weight excluding hydrogens is 432 g/mol. The monoisotopic (exact) mass is 456 g/mol. The first kappa shape index (κ1) is 16.5. The number of hydrogen-bond acceptors (Lipinski definition) is 2. The molecule has 2 nitrogen and oxygen atoms in total. The maximum atomic E-state index is 12.1. The molecule has 1 N–H and O–H groups in total. The van der Waals surface area contributed by atoms with Crippen LogP contribution < -0.4 is 0 Å². The summed E-state index contributed by atoms with van der Waals surface area (Å²) in [5.74, 6) is 3.31. The molecule has 4 saturated carbocycles. The summed E-state index contributed by atoms with van der Waals surface area (Å²) < 4.78 is -0.0318. The molecule has 5 rings (SSSR count). The molecule has 0 aromatic rings. The van der Waals surface area contributed by atoms with Gasteiger partial charge in [0.1, 0.15) is 0 Å². The number of fused-ring (bicyclic) bond motifs is 8. The summed E-state index contributed by atoms with van der Waals surface area (Å²) in [6.07, 6.45) is 8.09. The predicted octanol–water partition coefficient (Wildman–Crippen LogP) is 4.83. The Bertz CT molecular complexity index is 656. The van der Waals surface area contributed by atoms with Crippen molar-refractivity contribution in [2.24, 2.45) is 40.4 Å². The Morgan fingerprint density at radius 3 is 2.62 bits per heavy atom. The summed E-state index contributed by atoms with van der Waals surface area (Å²) in [6.45, 7) is 4.77. The Morgan fingerprint density at radius 2 is 1.88 bits per heavy atom. The smallest absolute Gasteiger partial charge is 0.155 e. The van der Waals surface area contributed by atoms with Gasteiger partial charge in [0.25, 0.3) is 0 Å². The molecule has 0 aromatic carbocycles. The van der Waals surface area contributed by atoms with Gasteiger partial charge >= 0.3 is 0 Å². The fourth-order valence-corrected chi connectivity index (χ4v) is 9.36. The minimum atomic E-state index is -0.127. The van der Waals surface area contributed by atoms with Crippen LogP contribution >= 0.6 is 31.9 Å². The standard InChI is InChI=1S/C20H26Br2O2/c1-18-7-5-10(23)9-13(18)16-17(20(16,21)22)15-11-3-4-14(24)19(11,2)8-6-12(15)18/h9,11-12,14-17,24H,3-8H2,1-2H3. The molecule has 0 amide bonds. The van der Waals surface area contributed by atoms with Gasteiger partial charge in [-0.2, -0.15) is 0 Å². The van der Waals surface area contributed by atoms with Crippen molar-refractivity contribution in [3.8, 4) is 0 Å². The highest BCUT2D eigenvalue weighted by atomic mass is 79.9. The minimum Gasteiger partial charge on any atom is -0.393 e. The van der Waals surface area contributed by atoms with Gasteiger partial charge in [-0.3, -0.25) is 4.79 Å². The lowest BCUT2D eigenvalue weighted by atomic mass is 9.47. The molecule has 8 atom stereocenters. The van der Waals surface area contributed by atoms with E-state index in [-0.39, 0.29) is 20.2 Å². The van der Waals surface area contributed by atoms with Crippen molar-refractivity contribution >= 4 is 37.6 Å². The first-order valence-electron chi connectivity index (χ1n) is 9.52. The van der Waals surface area contributed by atoms with E-state index in [0.717, 1.165) is 19.3 Å². The van der Waals surface area contributed by atoms with Crippen molar-refractivity contribution in [3.63, 3.8) is 0 Å². The van der Waals surface area contributed by atoms with Gasteiger partial charge in [-0.05, 0) is 72.7 Å². The first-order chi connectivity index (χ1) is 11.2. The number of hydrogen-bond donors (Lipinski definition) is 1. The summed E-state index contributed by atoms with van der Waals surface area (Å²) in [5, 5.41) is 10.7. The van der Waals surface area contributed by atoms with Crippen molar-refractivity contribution in [1.82, 2.24) is 0 Å². The van der Waals surface area contributed by atoms with E-state index in [9.17, 15) is 9.90 Å². The van der Waals surface area contributed by atoms with Crippen LogP contribution in [0.3, 0.4) is 0 Å². The van der Waals surface area contributed by atoms with Gasteiger partial charge in [-0.1, -0.05) is 51.3 Å². The zero-order valence-electron chi connectivity index (χ0n) is 14.4. The molecule has 0 aromatic heterocycles. The second-order valence-corrected chi connectivity index (χ2v) is 13.3. The van der Waals surface area contributed by atoms with Crippen LogP contribution in [0, 0.1) is 40.4 Å². The van der Waals surface area contributed by atoms with Crippen molar-refractivity contribution in [3.05, 3.63) is 11.6 Å². The Kier molecular flexibility index (Phi) is 3.29. The average Bonchev–Trinajstić information content (AvgIpc) is 2.95. The molecule has 0 heterocycles. The average molecular weight is 458 g/mol. The van der Waals surface area contributed by atoms with Crippen LogP contribution in [0.5, 0.6) is 0 Å². The highest BCUT2D eigenvalue weighted by Gasteiger charge is 2.76. The Balaban J connectivity index is 1.63. The number of carbonyl (C=O) groups is 1. The molecule has 8 unspecified atom stereocenters. The van der Waals surface area contributed by atoms with E-state index < -0.39 is 0 Å². The van der Waals surface area contributed by atoms with Crippen LogP contribution in [0.25, 0.3) is 0 Å². The van der Waals surface area contributed by atoms with E-state index >= 15 is 0 Å². The van der Waals surface area contributed by atoms with Crippen LogP contribution in [0.1, 0.15) is 52.4 Å². The predicted molar refractivity (Wildman–Crippen MR) is 101 cm³/mol. The number of allylic oxidation sites excluding steroid dienone is 1. The fourth-order valence-electron chi connectivity index (χ4n) is 7.42. The normalized spacial score (nSPS) is 57.4. The molecule has 5 aliphatic rings. The minimum absolute atomic E-state index is 0.0318. The second-order valence-electron chi connectivity index (χ2n) is 9.59. The number of rotatable bonds is 0. The van der Waals surface area contributed by atoms with Gasteiger partial charge in [0.2, 0.25) is 0 Å². The SMILES string of the molecule is CC12CCC(=O)C=C1C1C(C3C2CCC2(C)C(O)CCC32)C1(Br)Br. The lowest BCUT2D eigenvalue weighted by Gasteiger charge is -2.57. The van der Waals surface area contributed by atoms with E-state index in [1.54, 1.807) is 0 Å². The summed E-state index contributed by atoms with van der Waals surface area (Å²) in [4.78, 5) is 12.1. The third kappa shape index (κ3) is 1.79. The summed E-state index contributed by atoms with van der Waals surface area (Å²) in [7, 11) is 0. The van der Waals surface area contributed by atoms with Crippen LogP contribution in [-0.4, -0.2) is 20.2 Å². The fraction of sp³-hybridized carbons (Fsp3) is 0.850. The van der Waals surface area contributed by atoms with E-state index in [0.29, 0.717) is 41.8 Å². The Labute approximate surface area is 161 Å². The molecule has 0 bridgehead atoms. The van der Waals surface area contributed by atoms with Crippen LogP contribution in [0.4, 0.5) is 0 Å². The van der Waals surface area contributed by atoms with E-state index in [4.69, 9.17) is 0 Å². The highest BCUT2D eigenvalue weighted by molar-refractivity contribution is 9.25. The molecule has 0 radical (unpaired) electrons. The van der Waals surface area contributed by atoms with Crippen LogP contribution in [0.2, 0.25) is 0 Å². The van der Waals surface area contributed by atoms with Crippen LogP contribution in [-0.2, 0) is 4.79 Å². The number of aliphatic hydroxyl groups is 1. The van der Waals surface area contributed by atoms with Crippen molar-refractivity contribution in [2.75, 3.05) is 0 Å². The molecule has 0 aliphatic heterocycles.